The van der Waals surface area contributed by atoms with Crippen LogP contribution in [0.3, 0.4) is 0 Å². The minimum absolute atomic E-state index is 0.170. The monoisotopic (exact) mass is 435 g/mol. The number of carbonyl (C=O) groups is 2. The Balaban J connectivity index is 1.94. The number of alkyl halides is 1. The highest BCUT2D eigenvalue weighted by molar-refractivity contribution is 6.01. The maximum absolute atomic E-state index is 17.5. The van der Waals surface area contributed by atoms with Crippen LogP contribution in [0.2, 0.25) is 0 Å². The standard InChI is InChI=1S/C24H34FNO5/c1-14-11-22(26)20(3)9-6-15-10-16(27)7-8-19(15,2)24(20,25)17(28)12-21(22,4)23(14,30)18(29)13-31-5/h7-8,10,14,17,28,30H,6,9,11-13,26H2,1-5H3/t14-,17+,19+,20+,21+,22-,23+,24+/m1/s1. The summed E-state index contributed by atoms with van der Waals surface area (Å²) < 4.78 is 22.5. The molecular weight excluding hydrogens is 401 g/mol. The number of aliphatic hydroxyl groups is 2. The van der Waals surface area contributed by atoms with Crippen molar-refractivity contribution in [2.24, 2.45) is 27.9 Å². The highest BCUT2D eigenvalue weighted by atomic mass is 19.1. The third kappa shape index (κ3) is 2.17. The average molecular weight is 436 g/mol. The molecule has 0 radical (unpaired) electrons. The molecule has 3 fully saturated rings. The number of hydrogen-bond acceptors (Lipinski definition) is 6. The molecule has 0 amide bonds. The SMILES string of the molecule is COCC(=O)[C@@]1(O)[C@H](C)C[C@@]2(N)[C@]3(C)CCC4=CC(=O)C=C[C@]4(C)[C@@]3(F)[C@@H](O)C[C@@]21C. The lowest BCUT2D eigenvalue weighted by Gasteiger charge is -2.71. The van der Waals surface area contributed by atoms with E-state index in [4.69, 9.17) is 10.5 Å². The zero-order chi connectivity index (χ0) is 23.3. The van der Waals surface area contributed by atoms with E-state index in [9.17, 15) is 19.8 Å². The maximum Gasteiger partial charge on any atom is 0.190 e. The Labute approximate surface area is 182 Å². The van der Waals surface area contributed by atoms with E-state index in [0.717, 1.165) is 0 Å². The predicted molar refractivity (Wildman–Crippen MR) is 113 cm³/mol. The molecule has 0 heterocycles. The van der Waals surface area contributed by atoms with Crippen LogP contribution in [0.15, 0.2) is 23.8 Å². The summed E-state index contributed by atoms with van der Waals surface area (Å²) in [4.78, 5) is 25.1. The molecule has 0 aromatic carbocycles. The molecule has 0 aromatic rings. The number of Topliss-reactive ketones (excluding diaryl/α,β-unsaturated/α-hetero) is 1. The van der Waals surface area contributed by atoms with Crippen molar-refractivity contribution in [2.75, 3.05) is 13.7 Å². The number of ketones is 2. The number of fused-ring (bicyclic) bond motifs is 5. The molecule has 8 atom stereocenters. The van der Waals surface area contributed by atoms with Crippen molar-refractivity contribution in [2.45, 2.75) is 76.3 Å². The Morgan fingerprint density at radius 1 is 1.29 bits per heavy atom. The quantitative estimate of drug-likeness (QED) is 0.626. The second kappa shape index (κ2) is 6.34. The minimum Gasteiger partial charge on any atom is -0.390 e. The lowest BCUT2D eigenvalue weighted by atomic mass is 9.36. The number of ether oxygens (including phenoxy) is 1. The first-order chi connectivity index (χ1) is 14.2. The number of halogens is 1. The molecule has 4 N–H and O–H groups in total. The van der Waals surface area contributed by atoms with Crippen LogP contribution in [0, 0.1) is 22.2 Å². The number of allylic oxidation sites excluding steroid dienone is 4. The summed E-state index contributed by atoms with van der Waals surface area (Å²) in [6, 6.07) is 0. The van der Waals surface area contributed by atoms with Gasteiger partial charge in [-0.05, 0) is 50.7 Å². The predicted octanol–water partition coefficient (Wildman–Crippen LogP) is 2.02. The van der Waals surface area contributed by atoms with Gasteiger partial charge in [0.15, 0.2) is 17.2 Å². The fourth-order valence-corrected chi connectivity index (χ4v) is 8.08. The third-order valence-electron chi connectivity index (χ3n) is 9.93. The van der Waals surface area contributed by atoms with E-state index in [1.165, 1.54) is 19.3 Å². The molecule has 4 aliphatic rings. The fraction of sp³-hybridized carbons (Fsp3) is 0.750. The Morgan fingerprint density at radius 2 is 1.94 bits per heavy atom. The number of hydrogen-bond donors (Lipinski definition) is 3. The number of aliphatic hydroxyl groups excluding tert-OH is 1. The Hall–Kier alpha value is -1.41. The van der Waals surface area contributed by atoms with Crippen LogP contribution in [0.1, 0.15) is 53.4 Å². The van der Waals surface area contributed by atoms with Gasteiger partial charge in [0.05, 0.1) is 6.10 Å². The number of rotatable bonds is 3. The van der Waals surface area contributed by atoms with Gasteiger partial charge < -0.3 is 20.7 Å². The molecule has 31 heavy (non-hydrogen) atoms. The van der Waals surface area contributed by atoms with E-state index >= 15 is 4.39 Å². The van der Waals surface area contributed by atoms with E-state index in [1.54, 1.807) is 33.8 Å². The normalized spacial score (nSPS) is 53.5. The van der Waals surface area contributed by atoms with Crippen molar-refractivity contribution < 1.29 is 28.9 Å². The molecule has 172 valence electrons. The third-order valence-corrected chi connectivity index (χ3v) is 9.93. The van der Waals surface area contributed by atoms with Crippen molar-refractivity contribution in [1.82, 2.24) is 0 Å². The Morgan fingerprint density at radius 3 is 2.55 bits per heavy atom. The Kier molecular flexibility index (Phi) is 4.66. The van der Waals surface area contributed by atoms with Gasteiger partial charge in [0.25, 0.3) is 0 Å². The van der Waals surface area contributed by atoms with Crippen LogP contribution in [0.25, 0.3) is 0 Å². The molecular formula is C24H34FNO5. The van der Waals surface area contributed by atoms with Crippen molar-refractivity contribution in [3.05, 3.63) is 23.8 Å². The van der Waals surface area contributed by atoms with Crippen LogP contribution < -0.4 is 5.73 Å². The van der Waals surface area contributed by atoms with Crippen LogP contribution in [0.4, 0.5) is 4.39 Å². The Bertz CT molecular complexity index is 918. The highest BCUT2D eigenvalue weighted by Crippen LogP contribution is 2.76. The zero-order valence-corrected chi connectivity index (χ0v) is 19.0. The van der Waals surface area contributed by atoms with E-state index in [2.05, 4.69) is 0 Å². The van der Waals surface area contributed by atoms with E-state index < -0.39 is 50.9 Å². The first-order valence-electron chi connectivity index (χ1n) is 11.0. The summed E-state index contributed by atoms with van der Waals surface area (Å²) in [5.74, 6) is -1.22. The lowest BCUT2D eigenvalue weighted by Crippen LogP contribution is -2.82. The van der Waals surface area contributed by atoms with Gasteiger partial charge in [-0.2, -0.15) is 0 Å². The fourth-order valence-electron chi connectivity index (χ4n) is 8.08. The van der Waals surface area contributed by atoms with Gasteiger partial charge in [-0.25, -0.2) is 4.39 Å². The van der Waals surface area contributed by atoms with Crippen LogP contribution in [-0.2, 0) is 14.3 Å². The van der Waals surface area contributed by atoms with Gasteiger partial charge >= 0.3 is 0 Å². The molecule has 4 rings (SSSR count). The minimum atomic E-state index is -2.18. The van der Waals surface area contributed by atoms with Crippen molar-refractivity contribution >= 4 is 11.6 Å². The van der Waals surface area contributed by atoms with Crippen LogP contribution in [0.5, 0.6) is 0 Å². The topological polar surface area (TPSA) is 110 Å². The molecule has 0 spiro atoms. The van der Waals surface area contributed by atoms with E-state index in [0.29, 0.717) is 18.4 Å². The molecule has 0 aromatic heterocycles. The van der Waals surface area contributed by atoms with Crippen molar-refractivity contribution in [1.29, 1.82) is 0 Å². The van der Waals surface area contributed by atoms with Gasteiger partial charge in [0, 0.05) is 28.9 Å². The molecule has 6 nitrogen and oxygen atoms in total. The maximum atomic E-state index is 17.5. The second-order valence-electron chi connectivity index (χ2n) is 10.9. The van der Waals surface area contributed by atoms with Gasteiger partial charge in [0.1, 0.15) is 12.2 Å². The zero-order valence-electron chi connectivity index (χ0n) is 19.0. The molecule has 4 aliphatic carbocycles. The molecule has 0 saturated heterocycles. The van der Waals surface area contributed by atoms with Crippen molar-refractivity contribution in [3.8, 4) is 0 Å². The first-order valence-corrected chi connectivity index (χ1v) is 11.0. The van der Waals surface area contributed by atoms with E-state index in [-0.39, 0.29) is 25.2 Å². The number of carbonyl (C=O) groups excluding carboxylic acids is 2. The highest BCUT2D eigenvalue weighted by Gasteiger charge is 2.84. The lowest BCUT2D eigenvalue weighted by molar-refractivity contribution is -0.263. The summed E-state index contributed by atoms with van der Waals surface area (Å²) >= 11 is 0. The average Bonchev–Trinajstić information content (AvgIpc) is 2.85. The molecule has 7 heteroatoms. The van der Waals surface area contributed by atoms with Gasteiger partial charge in [0.2, 0.25) is 0 Å². The second-order valence-corrected chi connectivity index (χ2v) is 10.9. The molecule has 0 unspecified atom stereocenters. The van der Waals surface area contributed by atoms with E-state index in [1.807, 2.05) is 0 Å². The summed E-state index contributed by atoms with van der Waals surface area (Å²) in [5.41, 5.74) is -1.23. The first kappa shape index (κ1) is 22.8. The summed E-state index contributed by atoms with van der Waals surface area (Å²) in [7, 11) is 1.38. The summed E-state index contributed by atoms with van der Waals surface area (Å²) in [6.07, 6.45) is 3.73. The van der Waals surface area contributed by atoms with Crippen LogP contribution >= 0.6 is 0 Å². The van der Waals surface area contributed by atoms with Gasteiger partial charge in [-0.1, -0.05) is 32.4 Å². The smallest absolute Gasteiger partial charge is 0.190 e. The van der Waals surface area contributed by atoms with Gasteiger partial charge in [-0.3, -0.25) is 9.59 Å². The van der Waals surface area contributed by atoms with Gasteiger partial charge in [-0.15, -0.1) is 0 Å². The molecule has 0 bridgehead atoms. The summed E-state index contributed by atoms with van der Waals surface area (Å²) in [5, 5.41) is 23.2. The van der Waals surface area contributed by atoms with Crippen LogP contribution in [-0.4, -0.2) is 58.4 Å². The number of nitrogens with two attached hydrogens (primary N) is 1. The molecule has 3 saturated carbocycles. The van der Waals surface area contributed by atoms with Crippen molar-refractivity contribution in [3.63, 3.8) is 0 Å². The summed E-state index contributed by atoms with van der Waals surface area (Å²) in [6.45, 7) is 6.66. The largest absolute Gasteiger partial charge is 0.390 e. The number of methoxy groups -OCH3 is 1. The molecule has 0 aliphatic heterocycles.